The Hall–Kier alpha value is -3.94. The van der Waals surface area contributed by atoms with Crippen molar-refractivity contribution in [1.29, 1.82) is 0 Å². The van der Waals surface area contributed by atoms with Crippen molar-refractivity contribution in [1.82, 2.24) is 0 Å². The van der Waals surface area contributed by atoms with Crippen molar-refractivity contribution in [2.24, 2.45) is 5.92 Å². The van der Waals surface area contributed by atoms with Crippen LogP contribution < -0.4 is 9.47 Å². The normalized spacial score (nSPS) is 13.5. The molecule has 0 radical (unpaired) electrons. The number of aromatic nitrogens is 1. The molecule has 0 saturated heterocycles. The van der Waals surface area contributed by atoms with Crippen LogP contribution in [0.25, 0.3) is 0 Å². The number of ether oxygens (including phenoxy) is 2. The molecule has 0 unspecified atom stereocenters. The summed E-state index contributed by atoms with van der Waals surface area (Å²) in [4.78, 5) is 25.6. The lowest BCUT2D eigenvalue weighted by Gasteiger charge is -2.27. The molecule has 1 aromatic heterocycles. The minimum Gasteiger partial charge on any atom is -0.618 e. The van der Waals surface area contributed by atoms with Crippen LogP contribution in [0.15, 0.2) is 60.8 Å². The van der Waals surface area contributed by atoms with Gasteiger partial charge in [0, 0.05) is 18.4 Å². The fourth-order valence-electron chi connectivity index (χ4n) is 4.11. The van der Waals surface area contributed by atoms with Crippen LogP contribution in [0.1, 0.15) is 53.4 Å². The average molecular weight is 482 g/mol. The topological polar surface area (TPSA) is 99.8 Å². The number of ketones is 1. The molecule has 1 N–H and O–H groups in total. The van der Waals surface area contributed by atoms with Gasteiger partial charge in [-0.15, -0.1) is 0 Å². The number of aromatic hydroxyl groups is 1. The van der Waals surface area contributed by atoms with Crippen molar-refractivity contribution in [3.8, 4) is 11.5 Å². The molecule has 0 spiro atoms. The number of carbonyl (C=O) groups is 2. The van der Waals surface area contributed by atoms with E-state index in [9.17, 15) is 24.3 Å². The summed E-state index contributed by atoms with van der Waals surface area (Å²) in [6.45, 7) is 5.05. The fourth-order valence-corrected chi connectivity index (χ4v) is 4.11. The van der Waals surface area contributed by atoms with Crippen LogP contribution in [-0.4, -0.2) is 30.1 Å². The van der Waals surface area contributed by atoms with Crippen LogP contribution >= 0.6 is 0 Å². The molecule has 0 aliphatic heterocycles. The second-order valence-corrected chi connectivity index (χ2v) is 8.47. The molecule has 0 aliphatic rings. The molecule has 0 aliphatic carbocycles. The lowest BCUT2D eigenvalue weighted by Crippen LogP contribution is -2.35. The van der Waals surface area contributed by atoms with E-state index < -0.39 is 35.2 Å². The van der Waals surface area contributed by atoms with Gasteiger partial charge < -0.3 is 19.8 Å². The Morgan fingerprint density at radius 2 is 1.80 bits per heavy atom. The summed E-state index contributed by atoms with van der Waals surface area (Å²) in [7, 11) is 1.30. The minimum atomic E-state index is -0.888. The summed E-state index contributed by atoms with van der Waals surface area (Å²) in [5.41, 5.74) is 1.93. The lowest BCUT2D eigenvalue weighted by atomic mass is 9.84. The van der Waals surface area contributed by atoms with Gasteiger partial charge in [-0.05, 0) is 42.7 Å². The molecule has 7 nitrogen and oxygen atoms in total. The van der Waals surface area contributed by atoms with Crippen molar-refractivity contribution in [2.45, 2.75) is 39.2 Å². The number of hydrogen-bond acceptors (Lipinski definition) is 6. The second kappa shape index (κ2) is 11.0. The van der Waals surface area contributed by atoms with Gasteiger partial charge in [-0.2, -0.15) is 4.73 Å². The van der Waals surface area contributed by atoms with Gasteiger partial charge in [0.05, 0.1) is 13.0 Å². The van der Waals surface area contributed by atoms with Gasteiger partial charge in [0.15, 0.2) is 11.9 Å². The number of benzene rings is 2. The predicted octanol–water partition coefficient (Wildman–Crippen LogP) is 4.45. The van der Waals surface area contributed by atoms with Gasteiger partial charge in [-0.1, -0.05) is 43.3 Å². The highest BCUT2D eigenvalue weighted by Gasteiger charge is 2.32. The van der Waals surface area contributed by atoms with E-state index in [1.54, 1.807) is 19.9 Å². The first-order valence-corrected chi connectivity index (χ1v) is 11.2. The largest absolute Gasteiger partial charge is 0.618 e. The molecular weight excluding hydrogens is 453 g/mol. The number of nitrogens with zero attached hydrogens (tertiary/aromatic N) is 1. The van der Waals surface area contributed by atoms with E-state index in [1.165, 1.54) is 32.2 Å². The van der Waals surface area contributed by atoms with Crippen molar-refractivity contribution in [2.75, 3.05) is 7.11 Å². The molecule has 8 heteroatoms. The number of hydrogen-bond donors (Lipinski definition) is 1. The number of pyridine rings is 1. The monoisotopic (exact) mass is 481 g/mol. The molecule has 35 heavy (non-hydrogen) atoms. The van der Waals surface area contributed by atoms with Gasteiger partial charge in [0.1, 0.15) is 11.9 Å². The van der Waals surface area contributed by atoms with Crippen molar-refractivity contribution >= 4 is 11.8 Å². The average Bonchev–Trinajstić information content (AvgIpc) is 2.81. The van der Waals surface area contributed by atoms with E-state index in [-0.39, 0.29) is 28.6 Å². The highest BCUT2D eigenvalue weighted by Crippen LogP contribution is 2.33. The summed E-state index contributed by atoms with van der Waals surface area (Å²) >= 11 is 0. The van der Waals surface area contributed by atoms with Crippen LogP contribution in [0.2, 0.25) is 0 Å². The maximum atomic E-state index is 13.7. The second-order valence-electron chi connectivity index (χ2n) is 8.47. The third-order valence-corrected chi connectivity index (χ3v) is 5.91. The third kappa shape index (κ3) is 5.77. The van der Waals surface area contributed by atoms with Gasteiger partial charge in [-0.3, -0.25) is 9.59 Å². The first kappa shape index (κ1) is 25.7. The molecule has 0 amide bonds. The summed E-state index contributed by atoms with van der Waals surface area (Å²) < 4.78 is 24.7. The molecule has 3 rings (SSSR count). The van der Waals surface area contributed by atoms with E-state index >= 15 is 0 Å². The first-order chi connectivity index (χ1) is 16.6. The van der Waals surface area contributed by atoms with Gasteiger partial charge >= 0.3 is 11.7 Å². The van der Waals surface area contributed by atoms with E-state index in [0.29, 0.717) is 0 Å². The molecule has 0 fully saturated rings. The number of methoxy groups -OCH3 is 1. The Balaban J connectivity index is 1.80. The van der Waals surface area contributed by atoms with E-state index in [1.807, 2.05) is 30.3 Å². The van der Waals surface area contributed by atoms with Gasteiger partial charge in [-0.25, -0.2) is 4.39 Å². The quantitative estimate of drug-likeness (QED) is 0.210. The molecule has 2 aromatic carbocycles. The third-order valence-electron chi connectivity index (χ3n) is 5.91. The Morgan fingerprint density at radius 3 is 2.43 bits per heavy atom. The number of carbonyl (C=O) groups excluding carboxylic acids is 2. The number of esters is 1. The fraction of sp³-hybridized carbons (Fsp3) is 0.296. The highest BCUT2D eigenvalue weighted by molar-refractivity contribution is 5.98. The maximum absolute atomic E-state index is 13.7. The number of halogens is 1. The highest BCUT2D eigenvalue weighted by atomic mass is 19.1. The van der Waals surface area contributed by atoms with Crippen LogP contribution in [-0.2, 0) is 9.53 Å². The van der Waals surface area contributed by atoms with Gasteiger partial charge in [0.2, 0.25) is 11.5 Å². The zero-order chi connectivity index (χ0) is 25.7. The smallest absolute Gasteiger partial charge is 0.309 e. The minimum absolute atomic E-state index is 0.0235. The van der Waals surface area contributed by atoms with E-state index in [4.69, 9.17) is 9.47 Å². The Bertz CT molecular complexity index is 1210. The van der Waals surface area contributed by atoms with Crippen molar-refractivity contribution < 1.29 is 33.3 Å². The molecule has 184 valence electrons. The molecule has 0 saturated carbocycles. The summed E-state index contributed by atoms with van der Waals surface area (Å²) in [6.07, 6.45) is 0.0631. The molecule has 3 aromatic rings. The van der Waals surface area contributed by atoms with Crippen LogP contribution in [0.3, 0.4) is 0 Å². The van der Waals surface area contributed by atoms with Crippen molar-refractivity contribution in [3.05, 3.63) is 94.2 Å². The van der Waals surface area contributed by atoms with E-state index in [0.717, 1.165) is 22.9 Å². The molecule has 1 heterocycles. The number of aryl methyl sites for hydroxylation is 1. The standard InChI is InChI=1S/C27H28FNO6/c1-16-14-20(28)10-11-21(16)24(19-8-6-5-7-9-19)18(3)35-27(32)17(2)15-22(30)25-26(31)23(34-4)12-13-29(25)33/h5-14,17-18,24,31H,15H2,1-4H3/t17-,18+,24+/m1/s1. The van der Waals surface area contributed by atoms with Crippen LogP contribution in [0, 0.1) is 23.9 Å². The summed E-state index contributed by atoms with van der Waals surface area (Å²) in [5, 5.41) is 22.3. The first-order valence-electron chi connectivity index (χ1n) is 11.2. The number of Topliss-reactive ketones (excluding diaryl/α,β-unsaturated/α-hetero) is 1. The van der Waals surface area contributed by atoms with Crippen LogP contribution in [0.4, 0.5) is 4.39 Å². The maximum Gasteiger partial charge on any atom is 0.309 e. The zero-order valence-electron chi connectivity index (χ0n) is 20.0. The van der Waals surface area contributed by atoms with E-state index in [2.05, 4.69) is 0 Å². The van der Waals surface area contributed by atoms with Crippen LogP contribution in [0.5, 0.6) is 11.5 Å². The Morgan fingerprint density at radius 1 is 1.11 bits per heavy atom. The summed E-state index contributed by atoms with van der Waals surface area (Å²) in [5.74, 6) is -3.57. The molecule has 0 bridgehead atoms. The molecule has 3 atom stereocenters. The van der Waals surface area contributed by atoms with Crippen molar-refractivity contribution in [3.63, 3.8) is 0 Å². The summed E-state index contributed by atoms with van der Waals surface area (Å²) in [6, 6.07) is 15.1. The predicted molar refractivity (Wildman–Crippen MR) is 127 cm³/mol. The number of rotatable bonds is 9. The SMILES string of the molecule is COc1cc[n+]([O-])c(C(=O)C[C@@H](C)C(=O)O[C@@H](C)[C@@H](c2ccccc2)c2ccc(F)cc2C)c1O. The Kier molecular flexibility index (Phi) is 8.06. The van der Waals surface area contributed by atoms with Gasteiger partial charge in [0.25, 0.3) is 0 Å². The lowest BCUT2D eigenvalue weighted by molar-refractivity contribution is -0.608. The molecular formula is C27H28FNO6. The zero-order valence-corrected chi connectivity index (χ0v) is 20.0. The Labute approximate surface area is 203 Å².